The molecule has 0 aliphatic carbocycles. The Morgan fingerprint density at radius 2 is 1.11 bits per heavy atom. The van der Waals surface area contributed by atoms with Gasteiger partial charge in [0.05, 0.1) is 14.4 Å². The van der Waals surface area contributed by atoms with Crippen LogP contribution >= 0.6 is 7.82 Å². The van der Waals surface area contributed by atoms with Gasteiger partial charge in [0, 0.05) is 0 Å². The summed E-state index contributed by atoms with van der Waals surface area (Å²) in [4.78, 5) is 20.7. The zero-order valence-electron chi connectivity index (χ0n) is 18.3. The summed E-state index contributed by atoms with van der Waals surface area (Å²) in [6.07, 6.45) is 14.6. The minimum Gasteiger partial charge on any atom is -0.790 e. The van der Waals surface area contributed by atoms with Crippen molar-refractivity contribution in [3.8, 4) is 0 Å². The fourth-order valence-corrected chi connectivity index (χ4v) is 2.52. The van der Waals surface area contributed by atoms with Crippen molar-refractivity contribution in [1.29, 1.82) is 0 Å². The molecule has 7 heteroatoms. The van der Waals surface area contributed by atoms with Gasteiger partial charge >= 0.3 is 0 Å². The van der Waals surface area contributed by atoms with Gasteiger partial charge in [0.1, 0.15) is 0 Å². The van der Waals surface area contributed by atoms with Crippen LogP contribution in [0.2, 0.25) is 0 Å². The molecule has 0 rings (SSSR count). The van der Waals surface area contributed by atoms with E-state index >= 15 is 0 Å². The van der Waals surface area contributed by atoms with Crippen LogP contribution in [0.25, 0.3) is 0 Å². The molecule has 27 heavy (non-hydrogen) atoms. The maximum absolute atomic E-state index is 10.4. The number of phosphoric acid groups is 1. The van der Waals surface area contributed by atoms with E-state index in [1.54, 1.807) is 6.08 Å². The Hall–Kier alpha value is -1.01. The molecule has 160 valence electrons. The Balaban J connectivity index is -0.00000288. The van der Waals surface area contributed by atoms with Gasteiger partial charge in [-0.05, 0) is 73.1 Å². The third-order valence-corrected chi connectivity index (χ3v) is 4.28. The predicted octanol–water partition coefficient (Wildman–Crippen LogP) is 5.73. The second-order valence-corrected chi connectivity index (χ2v) is 7.94. The van der Waals surface area contributed by atoms with Crippen LogP contribution in [0.3, 0.4) is 0 Å². The second-order valence-electron chi connectivity index (χ2n) is 6.79. The van der Waals surface area contributed by atoms with E-state index in [0.717, 1.165) is 44.1 Å². The van der Waals surface area contributed by atoms with Crippen molar-refractivity contribution in [1.82, 2.24) is 12.3 Å². The molecule has 0 aromatic heterocycles. The minimum absolute atomic E-state index is 0. The summed E-state index contributed by atoms with van der Waals surface area (Å²) in [5.74, 6) is 0. The van der Waals surface area contributed by atoms with Gasteiger partial charge in [-0.1, -0.05) is 46.6 Å². The number of allylic oxidation sites excluding steroid dienone is 7. The van der Waals surface area contributed by atoms with Crippen molar-refractivity contribution < 1.29 is 18.9 Å². The molecule has 0 saturated heterocycles. The van der Waals surface area contributed by atoms with E-state index in [-0.39, 0.29) is 18.9 Å². The number of hydrogen-bond donors (Lipinski definition) is 2. The SMILES string of the molecule is CC(C)=CCC/C(C)=C\CCC(C)=CCC/C(C)=C\COP(=O)([O-])[O-].[NH4+].[NH4+]. The Kier molecular flexibility index (Phi) is 19.5. The van der Waals surface area contributed by atoms with Crippen LogP contribution in [-0.4, -0.2) is 6.61 Å². The van der Waals surface area contributed by atoms with Crippen molar-refractivity contribution in [2.24, 2.45) is 0 Å². The summed E-state index contributed by atoms with van der Waals surface area (Å²) in [6, 6.07) is 0. The molecule has 0 unspecified atom stereocenters. The summed E-state index contributed by atoms with van der Waals surface area (Å²) in [7, 11) is -4.86. The number of quaternary nitrogens is 2. The van der Waals surface area contributed by atoms with E-state index in [9.17, 15) is 14.4 Å². The van der Waals surface area contributed by atoms with E-state index in [0.29, 0.717) is 0 Å². The maximum Gasteiger partial charge on any atom is 0.0702 e. The first kappa shape index (κ1) is 30.7. The third-order valence-electron chi connectivity index (χ3n) is 3.82. The summed E-state index contributed by atoms with van der Waals surface area (Å²) >= 11 is 0. The molecule has 0 saturated carbocycles. The van der Waals surface area contributed by atoms with Crippen molar-refractivity contribution in [3.05, 3.63) is 46.6 Å². The first-order chi connectivity index (χ1) is 11.6. The zero-order chi connectivity index (χ0) is 19.3. The number of rotatable bonds is 12. The standard InChI is InChI=1S/C20H35O4P.2H3N/c1-17(2)9-6-10-18(3)11-7-12-19(4)13-8-14-20(5)15-16-24-25(21,22)23;;/h9,11,13,15H,6-8,10,12,14,16H2,1-5H3,(H2,21,22,23);2*1H3/b18-11-,19-13?,20-15-;;. The lowest BCUT2D eigenvalue weighted by atomic mass is 10.0. The Labute approximate surface area is 165 Å². The topological polar surface area (TPSA) is 145 Å². The van der Waals surface area contributed by atoms with Gasteiger partial charge in [-0.2, -0.15) is 0 Å². The molecule has 6 nitrogen and oxygen atoms in total. The third kappa shape index (κ3) is 23.0. The molecule has 0 aliphatic heterocycles. The van der Waals surface area contributed by atoms with Gasteiger partial charge < -0.3 is 31.2 Å². The molecule has 0 atom stereocenters. The molecule has 0 fully saturated rings. The van der Waals surface area contributed by atoms with E-state index in [1.807, 2.05) is 6.92 Å². The lowest BCUT2D eigenvalue weighted by molar-refractivity contribution is -0.340. The molecular weight excluding hydrogens is 363 g/mol. The molecule has 0 aromatic rings. The highest BCUT2D eigenvalue weighted by atomic mass is 31.2. The molecule has 0 bridgehead atoms. The first-order valence-corrected chi connectivity index (χ1v) is 10.3. The Bertz CT molecular complexity index is 556. The molecule has 0 aliphatic rings. The summed E-state index contributed by atoms with van der Waals surface area (Å²) < 4.78 is 14.5. The van der Waals surface area contributed by atoms with Crippen LogP contribution in [0.5, 0.6) is 0 Å². The molecule has 0 radical (unpaired) electrons. The Morgan fingerprint density at radius 1 is 0.741 bits per heavy atom. The van der Waals surface area contributed by atoms with E-state index in [2.05, 4.69) is 50.4 Å². The summed E-state index contributed by atoms with van der Waals surface area (Å²) in [5, 5.41) is 0. The van der Waals surface area contributed by atoms with Crippen molar-refractivity contribution in [2.45, 2.75) is 73.1 Å². The van der Waals surface area contributed by atoms with Crippen molar-refractivity contribution in [3.63, 3.8) is 0 Å². The summed E-state index contributed by atoms with van der Waals surface area (Å²) in [5.41, 5.74) is 5.20. The smallest absolute Gasteiger partial charge is 0.0702 e. The van der Waals surface area contributed by atoms with Crippen molar-refractivity contribution in [2.75, 3.05) is 6.61 Å². The lowest BCUT2D eigenvalue weighted by Gasteiger charge is -2.27. The van der Waals surface area contributed by atoms with Crippen LogP contribution in [0.15, 0.2) is 46.6 Å². The molecule has 8 N–H and O–H groups in total. The lowest BCUT2D eigenvalue weighted by Crippen LogP contribution is -2.16. The zero-order valence-corrected chi connectivity index (χ0v) is 19.2. The van der Waals surface area contributed by atoms with E-state index < -0.39 is 7.82 Å². The van der Waals surface area contributed by atoms with Gasteiger partial charge in [-0.15, -0.1) is 0 Å². The van der Waals surface area contributed by atoms with Crippen LogP contribution in [0, 0.1) is 0 Å². The van der Waals surface area contributed by atoms with Gasteiger partial charge in [-0.25, -0.2) is 0 Å². The molecule has 0 heterocycles. The van der Waals surface area contributed by atoms with Crippen LogP contribution < -0.4 is 22.1 Å². The Morgan fingerprint density at radius 3 is 1.48 bits per heavy atom. The highest BCUT2D eigenvalue weighted by molar-refractivity contribution is 7.43. The normalized spacial score (nSPS) is 12.9. The van der Waals surface area contributed by atoms with Gasteiger partial charge in [0.25, 0.3) is 0 Å². The fraction of sp³-hybridized carbons (Fsp3) is 0.600. The highest BCUT2D eigenvalue weighted by Gasteiger charge is 1.94. The first-order valence-electron chi connectivity index (χ1n) is 8.87. The molecule has 0 aromatic carbocycles. The molecular formula is C20H41N2O4P. The second kappa shape index (κ2) is 17.1. The highest BCUT2D eigenvalue weighted by Crippen LogP contribution is 2.24. The number of phosphoric ester groups is 1. The summed E-state index contributed by atoms with van der Waals surface area (Å²) in [6.45, 7) is 10.3. The predicted molar refractivity (Wildman–Crippen MR) is 114 cm³/mol. The molecule has 0 spiro atoms. The maximum atomic E-state index is 10.4. The largest absolute Gasteiger partial charge is 0.790 e. The minimum atomic E-state index is -4.86. The number of hydrogen-bond acceptors (Lipinski definition) is 4. The van der Waals surface area contributed by atoms with E-state index in [4.69, 9.17) is 0 Å². The average molecular weight is 405 g/mol. The fourth-order valence-electron chi connectivity index (χ4n) is 2.26. The van der Waals surface area contributed by atoms with E-state index in [1.165, 1.54) is 16.7 Å². The van der Waals surface area contributed by atoms with Crippen LogP contribution in [0.1, 0.15) is 73.1 Å². The molecule has 0 amide bonds. The van der Waals surface area contributed by atoms with Gasteiger partial charge in [-0.3, -0.25) is 0 Å². The quantitative estimate of drug-likeness (QED) is 0.316. The van der Waals surface area contributed by atoms with Gasteiger partial charge in [0.2, 0.25) is 0 Å². The van der Waals surface area contributed by atoms with Crippen LogP contribution in [-0.2, 0) is 9.09 Å². The monoisotopic (exact) mass is 404 g/mol. The van der Waals surface area contributed by atoms with Crippen LogP contribution in [0.4, 0.5) is 0 Å². The average Bonchev–Trinajstić information content (AvgIpc) is 2.45. The van der Waals surface area contributed by atoms with Crippen molar-refractivity contribution >= 4 is 7.82 Å². The van der Waals surface area contributed by atoms with Gasteiger partial charge in [0.15, 0.2) is 0 Å².